The molecule has 0 unspecified atom stereocenters. The zero-order valence-electron chi connectivity index (χ0n) is 5.39. The maximum atomic E-state index is 3.74. The summed E-state index contributed by atoms with van der Waals surface area (Å²) in [6.45, 7) is 2.86. The van der Waals surface area contributed by atoms with E-state index in [1.807, 2.05) is 19.1 Å². The molecule has 0 aromatic rings. The smallest absolute Gasteiger partial charge is 0.0822 e. The summed E-state index contributed by atoms with van der Waals surface area (Å²) in [5.41, 5.74) is 0. The summed E-state index contributed by atoms with van der Waals surface area (Å²) >= 11 is 0. The molecule has 0 aliphatic rings. The second-order valence-corrected chi connectivity index (χ2v) is 1.36. The van der Waals surface area contributed by atoms with Gasteiger partial charge in [-0.25, -0.2) is 0 Å². The number of allylic oxidation sites excluding steroid dienone is 1. The van der Waals surface area contributed by atoms with Crippen molar-refractivity contribution >= 4 is 6.34 Å². The predicted molar refractivity (Wildman–Crippen MR) is 37.2 cm³/mol. The molecule has 0 aliphatic carbocycles. The van der Waals surface area contributed by atoms with Gasteiger partial charge in [0.25, 0.3) is 0 Å². The van der Waals surface area contributed by atoms with Gasteiger partial charge in [-0.05, 0) is 6.92 Å². The minimum absolute atomic E-state index is 0.869. The Kier molecular flexibility index (Phi) is 5.60. The zero-order valence-corrected chi connectivity index (χ0v) is 5.39. The van der Waals surface area contributed by atoms with Crippen molar-refractivity contribution in [1.29, 1.82) is 0 Å². The molecule has 0 amide bonds. The summed E-state index contributed by atoms with van der Waals surface area (Å²) < 4.78 is 0. The quantitative estimate of drug-likeness (QED) is 0.248. The van der Waals surface area contributed by atoms with Crippen molar-refractivity contribution in [3.05, 3.63) is 12.2 Å². The molecule has 8 heavy (non-hydrogen) atoms. The molecule has 0 saturated carbocycles. The Balaban J connectivity index is 2.93. The minimum atomic E-state index is 0.869. The minimum Gasteiger partial charge on any atom is -0.373 e. The summed E-state index contributed by atoms with van der Waals surface area (Å²) in [5, 5.41) is 2.96. The van der Waals surface area contributed by atoms with Crippen LogP contribution in [0.3, 0.4) is 0 Å². The molecule has 46 valence electrons. The Bertz CT molecular complexity index is 72.5. The summed E-state index contributed by atoms with van der Waals surface area (Å²) in [6.07, 6.45) is 5.71. The van der Waals surface area contributed by atoms with Gasteiger partial charge in [-0.3, -0.25) is 4.99 Å². The van der Waals surface area contributed by atoms with Crippen LogP contribution in [0.1, 0.15) is 6.92 Å². The molecule has 0 radical (unpaired) electrons. The second-order valence-electron chi connectivity index (χ2n) is 1.36. The maximum absolute atomic E-state index is 3.74. The Morgan fingerprint density at radius 3 is 2.88 bits per heavy atom. The fraction of sp³-hybridized carbons (Fsp3) is 0.500. The summed E-state index contributed by atoms with van der Waals surface area (Å²) in [6, 6.07) is 0. The number of hydrogen-bond acceptors (Lipinski definition) is 1. The highest BCUT2D eigenvalue weighted by atomic mass is 14.9. The first kappa shape index (κ1) is 7.21. The first-order valence-corrected chi connectivity index (χ1v) is 2.67. The summed E-state index contributed by atoms with van der Waals surface area (Å²) in [5.74, 6) is 0. The fourth-order valence-electron chi connectivity index (χ4n) is 0.330. The van der Waals surface area contributed by atoms with Gasteiger partial charge in [-0.1, -0.05) is 12.2 Å². The monoisotopic (exact) mass is 112 g/mol. The van der Waals surface area contributed by atoms with Crippen molar-refractivity contribution in [1.82, 2.24) is 5.32 Å². The molecule has 0 aromatic heterocycles. The van der Waals surface area contributed by atoms with Crippen LogP contribution in [0.25, 0.3) is 0 Å². The van der Waals surface area contributed by atoms with Gasteiger partial charge in [-0.2, -0.15) is 0 Å². The number of nitrogens with zero attached hydrogens (tertiary/aromatic N) is 1. The van der Waals surface area contributed by atoms with Crippen LogP contribution in [0, 0.1) is 0 Å². The molecule has 0 aromatic carbocycles. The van der Waals surface area contributed by atoms with Crippen LogP contribution in [-0.4, -0.2) is 19.9 Å². The topological polar surface area (TPSA) is 24.4 Å². The maximum Gasteiger partial charge on any atom is 0.0822 e. The van der Waals surface area contributed by atoms with Gasteiger partial charge in [0, 0.05) is 13.6 Å². The molecule has 2 nitrogen and oxygen atoms in total. The Morgan fingerprint density at radius 1 is 1.62 bits per heavy atom. The van der Waals surface area contributed by atoms with Crippen LogP contribution in [-0.2, 0) is 0 Å². The van der Waals surface area contributed by atoms with Crippen LogP contribution in [0.2, 0.25) is 0 Å². The van der Waals surface area contributed by atoms with Gasteiger partial charge in [0.05, 0.1) is 6.34 Å². The third-order valence-electron chi connectivity index (χ3n) is 0.692. The molecule has 0 fully saturated rings. The van der Waals surface area contributed by atoms with E-state index in [9.17, 15) is 0 Å². The lowest BCUT2D eigenvalue weighted by Crippen LogP contribution is -2.09. The van der Waals surface area contributed by atoms with Crippen molar-refractivity contribution < 1.29 is 0 Å². The standard InChI is InChI=1S/C6H12N2/c1-3-4-5-8-6-7-2/h3-4,6H,5H2,1-2H3,(H,7,8). The molecule has 0 saturated heterocycles. The fourth-order valence-corrected chi connectivity index (χ4v) is 0.330. The van der Waals surface area contributed by atoms with Crippen LogP contribution in [0.15, 0.2) is 17.1 Å². The van der Waals surface area contributed by atoms with Gasteiger partial charge in [0.15, 0.2) is 0 Å². The Labute approximate surface area is 50.3 Å². The second kappa shape index (κ2) is 6.21. The largest absolute Gasteiger partial charge is 0.373 e. The molecule has 0 aliphatic heterocycles. The van der Waals surface area contributed by atoms with Crippen LogP contribution >= 0.6 is 0 Å². The summed E-state index contributed by atoms with van der Waals surface area (Å²) in [4.78, 5) is 3.74. The first-order chi connectivity index (χ1) is 3.91. The van der Waals surface area contributed by atoms with Crippen LogP contribution in [0.5, 0.6) is 0 Å². The average Bonchev–Trinajstić information content (AvgIpc) is 1.81. The molecule has 0 bridgehead atoms. The Morgan fingerprint density at radius 2 is 2.38 bits per heavy atom. The van der Waals surface area contributed by atoms with E-state index in [4.69, 9.17) is 0 Å². The van der Waals surface area contributed by atoms with Gasteiger partial charge in [0.2, 0.25) is 0 Å². The van der Waals surface area contributed by atoms with E-state index in [-0.39, 0.29) is 0 Å². The van der Waals surface area contributed by atoms with Gasteiger partial charge >= 0.3 is 0 Å². The average molecular weight is 112 g/mol. The number of hydrogen-bond donors (Lipinski definition) is 1. The van der Waals surface area contributed by atoms with Gasteiger partial charge < -0.3 is 5.32 Å². The van der Waals surface area contributed by atoms with E-state index >= 15 is 0 Å². The number of rotatable bonds is 3. The zero-order chi connectivity index (χ0) is 6.24. The van der Waals surface area contributed by atoms with Crippen molar-refractivity contribution in [2.75, 3.05) is 13.6 Å². The third kappa shape index (κ3) is 5.21. The van der Waals surface area contributed by atoms with E-state index in [0.717, 1.165) is 6.54 Å². The highest BCUT2D eigenvalue weighted by Crippen LogP contribution is 1.63. The normalized spacial score (nSPS) is 11.2. The van der Waals surface area contributed by atoms with E-state index < -0.39 is 0 Å². The van der Waals surface area contributed by atoms with E-state index in [1.54, 1.807) is 13.4 Å². The van der Waals surface area contributed by atoms with Crippen molar-refractivity contribution in [2.45, 2.75) is 6.92 Å². The molecule has 0 heterocycles. The van der Waals surface area contributed by atoms with Gasteiger partial charge in [-0.15, -0.1) is 0 Å². The van der Waals surface area contributed by atoms with E-state index in [2.05, 4.69) is 10.3 Å². The lowest BCUT2D eigenvalue weighted by atomic mass is 10.5. The summed E-state index contributed by atoms with van der Waals surface area (Å²) in [7, 11) is 1.74. The lowest BCUT2D eigenvalue weighted by molar-refractivity contribution is 1.06. The highest BCUT2D eigenvalue weighted by molar-refractivity contribution is 5.53. The Hall–Kier alpha value is -0.790. The van der Waals surface area contributed by atoms with Crippen molar-refractivity contribution in [3.8, 4) is 0 Å². The lowest BCUT2D eigenvalue weighted by Gasteiger charge is -1.88. The SMILES string of the molecule is CC=CCNC=NC. The van der Waals surface area contributed by atoms with Gasteiger partial charge in [0.1, 0.15) is 0 Å². The van der Waals surface area contributed by atoms with Crippen LogP contribution < -0.4 is 5.32 Å². The number of aliphatic imine (C=N–C) groups is 1. The molecule has 0 rings (SSSR count). The van der Waals surface area contributed by atoms with Crippen molar-refractivity contribution in [2.24, 2.45) is 4.99 Å². The first-order valence-electron chi connectivity index (χ1n) is 2.67. The third-order valence-corrected chi connectivity index (χ3v) is 0.692. The van der Waals surface area contributed by atoms with Crippen molar-refractivity contribution in [3.63, 3.8) is 0 Å². The molecule has 0 spiro atoms. The van der Waals surface area contributed by atoms with E-state index in [1.165, 1.54) is 0 Å². The van der Waals surface area contributed by atoms with Crippen LogP contribution in [0.4, 0.5) is 0 Å². The molecule has 1 N–H and O–H groups in total. The van der Waals surface area contributed by atoms with E-state index in [0.29, 0.717) is 0 Å². The molecule has 0 atom stereocenters. The predicted octanol–water partition coefficient (Wildman–Crippen LogP) is 0.810. The molecule has 2 heteroatoms. The highest BCUT2D eigenvalue weighted by Gasteiger charge is 1.66. The number of nitrogens with one attached hydrogen (secondary N) is 1. The molecular weight excluding hydrogens is 100 g/mol. The molecular formula is C6H12N2.